The summed E-state index contributed by atoms with van der Waals surface area (Å²) in [6, 6.07) is 9.98. The van der Waals surface area contributed by atoms with Gasteiger partial charge in [-0.25, -0.2) is 9.78 Å². The van der Waals surface area contributed by atoms with Crippen molar-refractivity contribution >= 4 is 29.3 Å². The van der Waals surface area contributed by atoms with Crippen molar-refractivity contribution in [1.82, 2.24) is 24.3 Å². The quantitative estimate of drug-likeness (QED) is 0.448. The maximum Gasteiger partial charge on any atom is 0.410 e. The van der Waals surface area contributed by atoms with E-state index in [1.54, 1.807) is 18.3 Å². The summed E-state index contributed by atoms with van der Waals surface area (Å²) in [4.78, 5) is 26.1. The van der Waals surface area contributed by atoms with Gasteiger partial charge in [-0.15, -0.1) is 0 Å². The fourth-order valence-electron chi connectivity index (χ4n) is 5.29. The van der Waals surface area contributed by atoms with Crippen LogP contribution in [0.2, 0.25) is 5.02 Å². The first-order valence-corrected chi connectivity index (χ1v) is 13.2. The third-order valence-electron chi connectivity index (χ3n) is 7.03. The third-order valence-corrected chi connectivity index (χ3v) is 7.27. The van der Waals surface area contributed by atoms with Crippen LogP contribution in [0.3, 0.4) is 0 Å². The first-order valence-electron chi connectivity index (χ1n) is 12.8. The van der Waals surface area contributed by atoms with Gasteiger partial charge >= 0.3 is 6.09 Å². The van der Waals surface area contributed by atoms with Gasteiger partial charge in [0.05, 0.1) is 30.0 Å². The summed E-state index contributed by atoms with van der Waals surface area (Å²) in [6.07, 6.45) is 6.99. The molecule has 2 aliphatic rings. The zero-order valence-electron chi connectivity index (χ0n) is 22.5. The standard InChI is InChI=1S/C29H34ClN5O3/c1-29(2,3)38-28(36)35-13-11-34(12-14-35)26-21-9-8-20(30)16-22(21)23(15-19-7-6-10-32-25(19)26)27(37-5)24-17-31-18-33(24)4/h6-10,15-18,26-27H,11-14H2,1-5H3/t26-,27-/m0/s1. The molecule has 38 heavy (non-hydrogen) atoms. The number of ether oxygens (including phenoxy) is 2. The minimum atomic E-state index is -0.523. The highest BCUT2D eigenvalue weighted by molar-refractivity contribution is 6.30. The first kappa shape index (κ1) is 26.4. The summed E-state index contributed by atoms with van der Waals surface area (Å²) in [5, 5.41) is 0.655. The predicted molar refractivity (Wildman–Crippen MR) is 148 cm³/mol. The van der Waals surface area contributed by atoms with E-state index in [4.69, 9.17) is 26.1 Å². The lowest BCUT2D eigenvalue weighted by atomic mass is 9.91. The zero-order chi connectivity index (χ0) is 27.0. The van der Waals surface area contributed by atoms with Crippen LogP contribution in [0, 0.1) is 0 Å². The molecule has 0 bridgehead atoms. The Balaban J connectivity index is 1.55. The molecule has 0 saturated carbocycles. The molecule has 1 aromatic carbocycles. The smallest absolute Gasteiger partial charge is 0.410 e. The summed E-state index contributed by atoms with van der Waals surface area (Å²) >= 11 is 6.58. The number of carbonyl (C=O) groups is 1. The van der Waals surface area contributed by atoms with E-state index in [0.29, 0.717) is 31.2 Å². The van der Waals surface area contributed by atoms with Crippen LogP contribution in [0.25, 0.3) is 11.6 Å². The van der Waals surface area contributed by atoms with Crippen LogP contribution in [0.1, 0.15) is 61.0 Å². The lowest BCUT2D eigenvalue weighted by Crippen LogP contribution is -2.51. The van der Waals surface area contributed by atoms with Crippen molar-refractivity contribution in [3.8, 4) is 0 Å². The third kappa shape index (κ3) is 5.21. The van der Waals surface area contributed by atoms with E-state index in [9.17, 15) is 4.79 Å². The van der Waals surface area contributed by atoms with Crippen LogP contribution in [-0.2, 0) is 16.5 Å². The largest absolute Gasteiger partial charge is 0.444 e. The van der Waals surface area contributed by atoms with Crippen molar-refractivity contribution in [3.05, 3.63) is 82.2 Å². The van der Waals surface area contributed by atoms with Crippen LogP contribution >= 0.6 is 11.6 Å². The number of carbonyl (C=O) groups excluding carboxylic acids is 1. The summed E-state index contributed by atoms with van der Waals surface area (Å²) in [5.41, 5.74) is 5.54. The minimum absolute atomic E-state index is 0.114. The van der Waals surface area contributed by atoms with E-state index in [-0.39, 0.29) is 18.2 Å². The van der Waals surface area contributed by atoms with Gasteiger partial charge in [-0.1, -0.05) is 23.7 Å². The minimum Gasteiger partial charge on any atom is -0.444 e. The number of halogens is 1. The normalized spacial score (nSPS) is 18.7. The van der Waals surface area contributed by atoms with E-state index in [0.717, 1.165) is 33.7 Å². The number of piperazine rings is 1. The number of hydrogen-bond donors (Lipinski definition) is 0. The number of fused-ring (bicyclic) bond motifs is 2. The Hall–Kier alpha value is -3.20. The summed E-state index contributed by atoms with van der Waals surface area (Å²) < 4.78 is 13.7. The topological polar surface area (TPSA) is 72.7 Å². The molecule has 1 fully saturated rings. The second-order valence-electron chi connectivity index (χ2n) is 10.8. The Bertz CT molecular complexity index is 1350. The van der Waals surface area contributed by atoms with Gasteiger partial charge in [-0.3, -0.25) is 9.88 Å². The van der Waals surface area contributed by atoms with E-state index in [1.807, 2.05) is 63.0 Å². The fraction of sp³-hybridized carbons (Fsp3) is 0.414. The number of pyridine rings is 1. The first-order chi connectivity index (χ1) is 18.2. The molecule has 1 amide bonds. The number of amides is 1. The maximum atomic E-state index is 12.7. The number of benzene rings is 1. The van der Waals surface area contributed by atoms with Crippen LogP contribution in [0.4, 0.5) is 4.79 Å². The Labute approximate surface area is 228 Å². The van der Waals surface area contributed by atoms with Gasteiger partial charge in [0.25, 0.3) is 0 Å². The number of hydrogen-bond acceptors (Lipinski definition) is 6. The van der Waals surface area contributed by atoms with Crippen molar-refractivity contribution in [2.24, 2.45) is 7.05 Å². The van der Waals surface area contributed by atoms with E-state index < -0.39 is 5.60 Å². The highest BCUT2D eigenvalue weighted by atomic mass is 35.5. The Kier molecular flexibility index (Phi) is 7.31. The van der Waals surface area contributed by atoms with Crippen molar-refractivity contribution in [1.29, 1.82) is 0 Å². The van der Waals surface area contributed by atoms with Crippen LogP contribution < -0.4 is 0 Å². The second-order valence-corrected chi connectivity index (χ2v) is 11.2. The highest BCUT2D eigenvalue weighted by Crippen LogP contribution is 2.45. The maximum absolute atomic E-state index is 12.7. The van der Waals surface area contributed by atoms with Crippen LogP contribution in [0.5, 0.6) is 0 Å². The Morgan fingerprint density at radius 1 is 1.16 bits per heavy atom. The van der Waals surface area contributed by atoms with Crippen molar-refractivity contribution in [2.45, 2.75) is 38.5 Å². The molecule has 3 aromatic rings. The summed E-state index contributed by atoms with van der Waals surface area (Å²) in [7, 11) is 3.68. The van der Waals surface area contributed by atoms with Gasteiger partial charge in [0, 0.05) is 51.6 Å². The molecule has 0 N–H and O–H groups in total. The fourth-order valence-corrected chi connectivity index (χ4v) is 5.46. The molecule has 200 valence electrons. The highest BCUT2D eigenvalue weighted by Gasteiger charge is 2.36. The molecule has 5 rings (SSSR count). The van der Waals surface area contributed by atoms with Crippen molar-refractivity contribution < 1.29 is 14.3 Å². The van der Waals surface area contributed by atoms with Crippen molar-refractivity contribution in [3.63, 3.8) is 0 Å². The number of rotatable bonds is 4. The van der Waals surface area contributed by atoms with Gasteiger partial charge in [-0.2, -0.15) is 0 Å². The predicted octanol–water partition coefficient (Wildman–Crippen LogP) is 5.35. The zero-order valence-corrected chi connectivity index (χ0v) is 23.3. The molecule has 1 aliphatic carbocycles. The number of imidazole rings is 1. The summed E-state index contributed by atoms with van der Waals surface area (Å²) in [6.45, 7) is 8.20. The number of aryl methyl sites for hydroxylation is 1. The molecule has 1 aliphatic heterocycles. The average molecular weight is 536 g/mol. The molecule has 0 radical (unpaired) electrons. The average Bonchev–Trinajstić information content (AvgIpc) is 3.24. The molecule has 0 unspecified atom stereocenters. The SMILES string of the molecule is CO[C@@H](C1=Cc2cccnc2[C@@H](N2CCN(C(=O)OC(C)(C)C)CC2)c2ccc(Cl)cc21)c1cncn1C. The molecule has 8 nitrogen and oxygen atoms in total. The lowest BCUT2D eigenvalue weighted by molar-refractivity contribution is 0.0118. The molecule has 2 aromatic heterocycles. The number of methoxy groups -OCH3 is 1. The van der Waals surface area contributed by atoms with Gasteiger partial charge in [0.15, 0.2) is 0 Å². The molecule has 1 saturated heterocycles. The van der Waals surface area contributed by atoms with Crippen LogP contribution in [-0.4, -0.2) is 69.3 Å². The van der Waals surface area contributed by atoms with Gasteiger partial charge < -0.3 is 18.9 Å². The molecule has 2 atom stereocenters. The van der Waals surface area contributed by atoms with Gasteiger partial charge in [0.2, 0.25) is 0 Å². The van der Waals surface area contributed by atoms with Crippen LogP contribution in [0.15, 0.2) is 49.1 Å². The molecule has 9 heteroatoms. The van der Waals surface area contributed by atoms with E-state index in [1.165, 1.54) is 0 Å². The lowest BCUT2D eigenvalue weighted by Gasteiger charge is -2.40. The Morgan fingerprint density at radius 2 is 1.92 bits per heavy atom. The number of aromatic nitrogens is 3. The Morgan fingerprint density at radius 3 is 2.58 bits per heavy atom. The number of nitrogens with zero attached hydrogens (tertiary/aromatic N) is 5. The monoisotopic (exact) mass is 535 g/mol. The summed E-state index contributed by atoms with van der Waals surface area (Å²) in [5.74, 6) is 0. The second kappa shape index (κ2) is 10.5. The van der Waals surface area contributed by atoms with E-state index in [2.05, 4.69) is 28.1 Å². The van der Waals surface area contributed by atoms with Gasteiger partial charge in [-0.05, 0) is 67.3 Å². The molecule has 3 heterocycles. The van der Waals surface area contributed by atoms with Gasteiger partial charge in [0.1, 0.15) is 11.7 Å². The molecular formula is C29H34ClN5O3. The van der Waals surface area contributed by atoms with E-state index >= 15 is 0 Å². The van der Waals surface area contributed by atoms with Crippen molar-refractivity contribution in [2.75, 3.05) is 33.3 Å². The molecular weight excluding hydrogens is 502 g/mol. The molecule has 0 spiro atoms.